The summed E-state index contributed by atoms with van der Waals surface area (Å²) in [6, 6.07) is 20.8. The lowest BCUT2D eigenvalue weighted by molar-refractivity contribution is 0.0697. The van der Waals surface area contributed by atoms with Gasteiger partial charge in [0.1, 0.15) is 23.3 Å². The van der Waals surface area contributed by atoms with Crippen LogP contribution < -0.4 is 15.0 Å². The first-order chi connectivity index (χ1) is 17.0. The van der Waals surface area contributed by atoms with Crippen LogP contribution in [0.15, 0.2) is 83.4 Å². The number of aromatic nitrogens is 1. The zero-order valence-electron chi connectivity index (χ0n) is 18.5. The van der Waals surface area contributed by atoms with Gasteiger partial charge in [-0.05, 0) is 78.9 Å². The topological polar surface area (TPSA) is 87.8 Å². The summed E-state index contributed by atoms with van der Waals surface area (Å²) >= 11 is 12.1. The molecule has 2 aromatic heterocycles. The molecule has 1 aliphatic rings. The van der Waals surface area contributed by atoms with Crippen LogP contribution in [0.5, 0.6) is 5.75 Å². The molecule has 2 N–H and O–H groups in total. The molecular formula is C26H20ClN3O4S. The Morgan fingerprint density at radius 1 is 1.14 bits per heavy atom. The first-order valence-electron chi connectivity index (χ1n) is 10.7. The highest BCUT2D eigenvalue weighted by Gasteiger charge is 2.42. The van der Waals surface area contributed by atoms with Gasteiger partial charge in [0.05, 0.1) is 29.4 Å². The van der Waals surface area contributed by atoms with Crippen molar-refractivity contribution in [3.63, 3.8) is 0 Å². The number of methoxy groups -OCH3 is 1. The summed E-state index contributed by atoms with van der Waals surface area (Å²) in [7, 11) is 1.62. The van der Waals surface area contributed by atoms with Gasteiger partial charge < -0.3 is 24.5 Å². The normalized spacial score (nSPS) is 17.3. The minimum atomic E-state index is -1.04. The number of furan rings is 1. The lowest BCUT2D eigenvalue weighted by Gasteiger charge is -2.26. The van der Waals surface area contributed by atoms with Crippen LogP contribution in [0, 0.1) is 0 Å². The number of carboxylic acid groups (broad SMARTS) is 1. The van der Waals surface area contributed by atoms with Crippen molar-refractivity contribution in [1.29, 1.82) is 0 Å². The van der Waals surface area contributed by atoms with Crippen molar-refractivity contribution in [2.75, 3.05) is 12.0 Å². The van der Waals surface area contributed by atoms with Crippen molar-refractivity contribution in [2.24, 2.45) is 0 Å². The van der Waals surface area contributed by atoms with E-state index >= 15 is 0 Å². The van der Waals surface area contributed by atoms with E-state index in [4.69, 9.17) is 33.0 Å². The maximum Gasteiger partial charge on any atom is 0.335 e. The number of hydrogen-bond donors (Lipinski definition) is 2. The van der Waals surface area contributed by atoms with Gasteiger partial charge >= 0.3 is 5.97 Å². The molecule has 0 amide bonds. The molecular weight excluding hydrogens is 486 g/mol. The number of carbonyl (C=O) groups is 1. The smallest absolute Gasteiger partial charge is 0.335 e. The van der Waals surface area contributed by atoms with E-state index in [0.29, 0.717) is 27.2 Å². The van der Waals surface area contributed by atoms with Crippen molar-refractivity contribution in [1.82, 2.24) is 10.3 Å². The second-order valence-electron chi connectivity index (χ2n) is 7.90. The van der Waals surface area contributed by atoms with Crippen LogP contribution in [0.2, 0.25) is 5.02 Å². The largest absolute Gasteiger partial charge is 0.497 e. The molecule has 0 aliphatic carbocycles. The fourth-order valence-corrected chi connectivity index (χ4v) is 4.73. The maximum absolute atomic E-state index is 11.5. The summed E-state index contributed by atoms with van der Waals surface area (Å²) in [6.45, 7) is 0. The van der Waals surface area contributed by atoms with Gasteiger partial charge in [-0.3, -0.25) is 4.98 Å². The van der Waals surface area contributed by atoms with E-state index in [-0.39, 0.29) is 17.6 Å². The number of rotatable bonds is 6. The minimum Gasteiger partial charge on any atom is -0.497 e. The molecule has 0 saturated carbocycles. The van der Waals surface area contributed by atoms with E-state index in [1.54, 1.807) is 25.4 Å². The molecule has 1 fully saturated rings. The van der Waals surface area contributed by atoms with Gasteiger partial charge in [0.25, 0.3) is 0 Å². The van der Waals surface area contributed by atoms with E-state index in [0.717, 1.165) is 17.1 Å². The highest BCUT2D eigenvalue weighted by Crippen LogP contribution is 2.43. The predicted octanol–water partition coefficient (Wildman–Crippen LogP) is 5.88. The highest BCUT2D eigenvalue weighted by atomic mass is 35.5. The number of benzene rings is 2. The van der Waals surface area contributed by atoms with Crippen LogP contribution in [0.25, 0.3) is 11.3 Å². The fraction of sp³-hybridized carbons (Fsp3) is 0.115. The SMILES string of the molecule is COc1ccc(N2C(=S)N[C@H](c3ccccn3)[C@H]2c2ccc(-c3cc(C(=O)O)ccc3Cl)o2)cc1. The van der Waals surface area contributed by atoms with E-state index in [9.17, 15) is 9.90 Å². The fourth-order valence-electron chi connectivity index (χ4n) is 4.17. The summed E-state index contributed by atoms with van der Waals surface area (Å²) in [5, 5.41) is 13.7. The molecule has 176 valence electrons. The number of nitrogens with one attached hydrogen (secondary N) is 1. The molecule has 1 saturated heterocycles. The van der Waals surface area contributed by atoms with E-state index in [1.807, 2.05) is 53.4 Å². The molecule has 4 aromatic rings. The van der Waals surface area contributed by atoms with Gasteiger partial charge in [-0.15, -0.1) is 0 Å². The Balaban J connectivity index is 1.60. The zero-order valence-corrected chi connectivity index (χ0v) is 20.1. The van der Waals surface area contributed by atoms with Crippen molar-refractivity contribution in [3.8, 4) is 17.1 Å². The number of ether oxygens (including phenoxy) is 1. The predicted molar refractivity (Wildman–Crippen MR) is 137 cm³/mol. The third kappa shape index (κ3) is 4.34. The van der Waals surface area contributed by atoms with Crippen LogP contribution in [-0.2, 0) is 0 Å². The Labute approximate surface area is 211 Å². The first kappa shape index (κ1) is 22.9. The summed E-state index contributed by atoms with van der Waals surface area (Å²) in [4.78, 5) is 18.0. The van der Waals surface area contributed by atoms with Crippen LogP contribution >= 0.6 is 23.8 Å². The monoisotopic (exact) mass is 505 g/mol. The lowest BCUT2D eigenvalue weighted by Crippen LogP contribution is -2.29. The average Bonchev–Trinajstić information content (AvgIpc) is 3.49. The molecule has 35 heavy (non-hydrogen) atoms. The Kier molecular flexibility index (Phi) is 6.15. The van der Waals surface area contributed by atoms with Crippen molar-refractivity contribution in [2.45, 2.75) is 12.1 Å². The van der Waals surface area contributed by atoms with Gasteiger partial charge in [-0.25, -0.2) is 4.79 Å². The second-order valence-corrected chi connectivity index (χ2v) is 8.69. The number of thiocarbonyl (C=S) groups is 1. The van der Waals surface area contributed by atoms with Gasteiger partial charge in [0, 0.05) is 17.4 Å². The average molecular weight is 506 g/mol. The Morgan fingerprint density at radius 3 is 2.63 bits per heavy atom. The summed E-state index contributed by atoms with van der Waals surface area (Å²) in [5.41, 5.74) is 2.28. The highest BCUT2D eigenvalue weighted by molar-refractivity contribution is 7.80. The van der Waals surface area contributed by atoms with Crippen LogP contribution in [0.4, 0.5) is 5.69 Å². The van der Waals surface area contributed by atoms with Gasteiger partial charge in [0.15, 0.2) is 5.11 Å². The van der Waals surface area contributed by atoms with E-state index in [2.05, 4.69) is 10.3 Å². The van der Waals surface area contributed by atoms with Gasteiger partial charge in [-0.2, -0.15) is 0 Å². The molecule has 0 bridgehead atoms. The number of aromatic carboxylic acids is 1. The molecule has 0 radical (unpaired) electrons. The number of nitrogens with zero attached hydrogens (tertiary/aromatic N) is 2. The third-order valence-electron chi connectivity index (χ3n) is 5.85. The summed E-state index contributed by atoms with van der Waals surface area (Å²) < 4.78 is 11.6. The van der Waals surface area contributed by atoms with Gasteiger partial charge in [-0.1, -0.05) is 17.7 Å². The molecule has 1 aliphatic heterocycles. The quantitative estimate of drug-likeness (QED) is 0.314. The molecule has 2 aromatic carbocycles. The number of halogens is 1. The van der Waals surface area contributed by atoms with Crippen molar-refractivity contribution >= 4 is 40.6 Å². The van der Waals surface area contributed by atoms with Crippen LogP contribution in [0.1, 0.15) is 33.9 Å². The zero-order chi connectivity index (χ0) is 24.5. The summed E-state index contributed by atoms with van der Waals surface area (Å²) in [6.07, 6.45) is 1.73. The van der Waals surface area contributed by atoms with Crippen molar-refractivity contribution < 1.29 is 19.1 Å². The van der Waals surface area contributed by atoms with Crippen LogP contribution in [0.3, 0.4) is 0 Å². The van der Waals surface area contributed by atoms with E-state index < -0.39 is 5.97 Å². The number of hydrogen-bond acceptors (Lipinski definition) is 5. The van der Waals surface area contributed by atoms with Crippen LogP contribution in [-0.4, -0.2) is 28.3 Å². The number of pyridine rings is 1. The second kappa shape index (κ2) is 9.40. The first-order valence-corrected chi connectivity index (χ1v) is 11.5. The molecule has 9 heteroatoms. The molecule has 5 rings (SSSR count). The standard InChI is InChI=1S/C26H20ClN3O4S/c1-33-17-8-6-16(7-9-17)30-24(23(29-26(30)35)20-4-2-3-13-28-20)22-12-11-21(34-22)18-14-15(25(31)32)5-10-19(18)27/h2-14,23-24H,1H3,(H,29,35)(H,31,32)/t23-,24-/m1/s1. The number of anilines is 1. The van der Waals surface area contributed by atoms with Crippen molar-refractivity contribution in [3.05, 3.63) is 101 Å². The molecule has 0 spiro atoms. The Bertz CT molecular complexity index is 1390. The minimum absolute atomic E-state index is 0.122. The summed E-state index contributed by atoms with van der Waals surface area (Å²) in [5.74, 6) is 0.773. The lowest BCUT2D eigenvalue weighted by atomic mass is 10.0. The van der Waals surface area contributed by atoms with E-state index in [1.165, 1.54) is 12.1 Å². The molecule has 7 nitrogen and oxygen atoms in total. The third-order valence-corrected chi connectivity index (χ3v) is 6.49. The number of carboxylic acids is 1. The Hall–Kier alpha value is -3.88. The molecule has 3 heterocycles. The maximum atomic E-state index is 11.5. The van der Waals surface area contributed by atoms with Gasteiger partial charge in [0.2, 0.25) is 0 Å². The Morgan fingerprint density at radius 2 is 1.94 bits per heavy atom. The molecule has 0 unspecified atom stereocenters. The molecule has 2 atom stereocenters.